The smallest absolute Gasteiger partial charge is 0.264 e. The van der Waals surface area contributed by atoms with Crippen molar-refractivity contribution in [3.8, 4) is 0 Å². The summed E-state index contributed by atoms with van der Waals surface area (Å²) in [5.74, 6) is -4.07. The van der Waals surface area contributed by atoms with Crippen LogP contribution in [0.2, 0.25) is 5.02 Å². The molecule has 0 unspecified atom stereocenters. The van der Waals surface area contributed by atoms with Gasteiger partial charge in [-0.25, -0.2) is 21.6 Å². The van der Waals surface area contributed by atoms with Crippen molar-refractivity contribution < 1.29 is 26.4 Å². The number of carbonyl (C=O) groups is 1. The Bertz CT molecular complexity index is 1400. The van der Waals surface area contributed by atoms with Crippen molar-refractivity contribution in [1.82, 2.24) is 0 Å². The molecule has 1 aliphatic heterocycles. The molecule has 0 aromatic heterocycles. The van der Waals surface area contributed by atoms with E-state index in [1.54, 1.807) is 19.1 Å². The highest BCUT2D eigenvalue weighted by Crippen LogP contribution is 2.37. The zero-order chi connectivity index (χ0) is 23.9. The summed E-state index contributed by atoms with van der Waals surface area (Å²) < 4.78 is 68.6. The van der Waals surface area contributed by atoms with Crippen LogP contribution < -0.4 is 9.62 Å². The minimum Gasteiger partial charge on any atom is -0.322 e. The standard InChI is InChI=1S/C23H16ClF3N2O3S/c1-13-9-10-29(33(31,32)15-6-8-18(25)20(27)12-15)21-11-14(5-7-16(13)21)28-23(30)22-17(24)3-2-4-19(22)26/h2-9,11-12H,10H2,1H3,(H,28,30). The molecule has 0 atom stereocenters. The minimum atomic E-state index is -4.26. The number of rotatable bonds is 4. The highest BCUT2D eigenvalue weighted by atomic mass is 35.5. The molecule has 0 spiro atoms. The van der Waals surface area contributed by atoms with Crippen molar-refractivity contribution in [2.24, 2.45) is 0 Å². The van der Waals surface area contributed by atoms with Gasteiger partial charge in [0.2, 0.25) is 0 Å². The maximum Gasteiger partial charge on any atom is 0.264 e. The minimum absolute atomic E-state index is 0.0588. The number of fused-ring (bicyclic) bond motifs is 1. The van der Waals surface area contributed by atoms with Gasteiger partial charge in [-0.1, -0.05) is 29.8 Å². The highest BCUT2D eigenvalue weighted by molar-refractivity contribution is 7.92. The summed E-state index contributed by atoms with van der Waals surface area (Å²) in [6, 6.07) is 10.7. The molecule has 0 saturated heterocycles. The highest BCUT2D eigenvalue weighted by Gasteiger charge is 2.30. The number of benzene rings is 3. The summed E-state index contributed by atoms with van der Waals surface area (Å²) in [5, 5.41) is 2.44. The van der Waals surface area contributed by atoms with Gasteiger partial charge in [0.05, 0.1) is 27.7 Å². The van der Waals surface area contributed by atoms with E-state index in [2.05, 4.69) is 5.32 Å². The van der Waals surface area contributed by atoms with Gasteiger partial charge in [0, 0.05) is 11.3 Å². The van der Waals surface area contributed by atoms with E-state index in [1.807, 2.05) is 0 Å². The zero-order valence-electron chi connectivity index (χ0n) is 17.1. The van der Waals surface area contributed by atoms with Gasteiger partial charge in [-0.05, 0) is 55.0 Å². The lowest BCUT2D eigenvalue weighted by Gasteiger charge is -2.30. The van der Waals surface area contributed by atoms with Crippen LogP contribution in [0.4, 0.5) is 24.5 Å². The van der Waals surface area contributed by atoms with Crippen LogP contribution in [0.15, 0.2) is 65.6 Å². The maximum absolute atomic E-state index is 14.1. The van der Waals surface area contributed by atoms with E-state index in [-0.39, 0.29) is 28.5 Å². The third-order valence-corrected chi connectivity index (χ3v) is 7.27. The molecule has 170 valence electrons. The van der Waals surface area contributed by atoms with Crippen molar-refractivity contribution >= 4 is 44.5 Å². The van der Waals surface area contributed by atoms with E-state index in [1.165, 1.54) is 24.3 Å². The second kappa shape index (κ2) is 8.57. The van der Waals surface area contributed by atoms with Crippen molar-refractivity contribution in [3.63, 3.8) is 0 Å². The van der Waals surface area contributed by atoms with Crippen LogP contribution in [0, 0.1) is 17.5 Å². The number of amides is 1. The van der Waals surface area contributed by atoms with Crippen molar-refractivity contribution in [2.45, 2.75) is 11.8 Å². The maximum atomic E-state index is 14.1. The predicted octanol–water partition coefficient (Wildman–Crippen LogP) is 5.62. The van der Waals surface area contributed by atoms with Crippen LogP contribution >= 0.6 is 11.6 Å². The molecular weight excluding hydrogens is 477 g/mol. The largest absolute Gasteiger partial charge is 0.322 e. The summed E-state index contributed by atoms with van der Waals surface area (Å²) in [5.41, 5.74) is 1.42. The van der Waals surface area contributed by atoms with Gasteiger partial charge < -0.3 is 5.32 Å². The van der Waals surface area contributed by atoms with Crippen LogP contribution in [0.25, 0.3) is 5.57 Å². The van der Waals surface area contributed by atoms with Gasteiger partial charge >= 0.3 is 0 Å². The molecule has 3 aromatic rings. The van der Waals surface area contributed by atoms with Gasteiger partial charge in [0.25, 0.3) is 15.9 Å². The van der Waals surface area contributed by atoms with E-state index >= 15 is 0 Å². The van der Waals surface area contributed by atoms with Crippen molar-refractivity contribution in [2.75, 3.05) is 16.2 Å². The fourth-order valence-electron chi connectivity index (χ4n) is 3.48. The second-order valence-corrected chi connectivity index (χ2v) is 9.55. The average molecular weight is 493 g/mol. The lowest BCUT2D eigenvalue weighted by Crippen LogP contribution is -2.34. The monoisotopic (exact) mass is 492 g/mol. The first-order valence-corrected chi connectivity index (χ1v) is 11.5. The molecule has 1 aliphatic rings. The van der Waals surface area contributed by atoms with E-state index in [9.17, 15) is 26.4 Å². The van der Waals surface area contributed by atoms with Crippen LogP contribution in [-0.2, 0) is 10.0 Å². The molecule has 1 N–H and O–H groups in total. The van der Waals surface area contributed by atoms with Crippen molar-refractivity contribution in [3.05, 3.63) is 94.3 Å². The Morgan fingerprint density at radius 1 is 1.00 bits per heavy atom. The molecule has 0 fully saturated rings. The Labute approximate surface area is 193 Å². The molecule has 0 saturated carbocycles. The van der Waals surface area contributed by atoms with Gasteiger partial charge in [0.15, 0.2) is 11.6 Å². The number of halogens is 4. The molecule has 0 bridgehead atoms. The first-order chi connectivity index (χ1) is 15.6. The molecule has 0 aliphatic carbocycles. The van der Waals surface area contributed by atoms with E-state index in [0.717, 1.165) is 28.1 Å². The average Bonchev–Trinajstić information content (AvgIpc) is 2.75. The van der Waals surface area contributed by atoms with Crippen LogP contribution in [0.5, 0.6) is 0 Å². The number of allylic oxidation sites excluding steroid dienone is 1. The Morgan fingerprint density at radius 3 is 2.45 bits per heavy atom. The van der Waals surface area contributed by atoms with E-state index < -0.39 is 38.3 Å². The Hall–Kier alpha value is -3.30. The number of carbonyl (C=O) groups excluding carboxylic acids is 1. The number of anilines is 2. The molecule has 0 radical (unpaired) electrons. The molecule has 5 nitrogen and oxygen atoms in total. The Balaban J connectivity index is 1.74. The molecule has 1 amide bonds. The summed E-state index contributed by atoms with van der Waals surface area (Å²) in [4.78, 5) is 12.2. The third-order valence-electron chi connectivity index (χ3n) is 5.18. The van der Waals surface area contributed by atoms with Crippen LogP contribution in [-0.4, -0.2) is 20.9 Å². The topological polar surface area (TPSA) is 66.5 Å². The van der Waals surface area contributed by atoms with Gasteiger partial charge in [-0.2, -0.15) is 0 Å². The number of nitrogens with zero attached hydrogens (tertiary/aromatic N) is 1. The first-order valence-electron chi connectivity index (χ1n) is 9.64. The lowest BCUT2D eigenvalue weighted by molar-refractivity contribution is 0.102. The van der Waals surface area contributed by atoms with Gasteiger partial charge in [-0.15, -0.1) is 0 Å². The molecule has 33 heavy (non-hydrogen) atoms. The fraction of sp³-hybridized carbons (Fsp3) is 0.0870. The third kappa shape index (κ3) is 4.21. The summed E-state index contributed by atoms with van der Waals surface area (Å²) in [6.07, 6.45) is 1.68. The quantitative estimate of drug-likeness (QED) is 0.514. The first kappa shape index (κ1) is 22.9. The van der Waals surface area contributed by atoms with E-state index in [4.69, 9.17) is 11.6 Å². The van der Waals surface area contributed by atoms with Gasteiger partial charge in [-0.3, -0.25) is 9.10 Å². The zero-order valence-corrected chi connectivity index (χ0v) is 18.6. The van der Waals surface area contributed by atoms with E-state index in [0.29, 0.717) is 11.6 Å². The summed E-state index contributed by atoms with van der Waals surface area (Å²) in [7, 11) is -4.26. The number of sulfonamides is 1. The van der Waals surface area contributed by atoms with Gasteiger partial charge in [0.1, 0.15) is 5.82 Å². The SMILES string of the molecule is CC1=CCN(S(=O)(=O)c2ccc(F)c(F)c2)c2cc(NC(=O)c3c(F)cccc3Cl)ccc21. The number of nitrogens with one attached hydrogen (secondary N) is 1. The molecular formula is C23H16ClF3N2O3S. The second-order valence-electron chi connectivity index (χ2n) is 7.28. The summed E-state index contributed by atoms with van der Waals surface area (Å²) in [6.45, 7) is 1.73. The van der Waals surface area contributed by atoms with Crippen molar-refractivity contribution in [1.29, 1.82) is 0 Å². The predicted molar refractivity (Wildman–Crippen MR) is 120 cm³/mol. The fourth-order valence-corrected chi connectivity index (χ4v) is 5.15. The summed E-state index contributed by atoms with van der Waals surface area (Å²) >= 11 is 5.95. The Morgan fingerprint density at radius 2 is 1.76 bits per heavy atom. The number of hydrogen-bond donors (Lipinski definition) is 1. The molecule has 4 rings (SSSR count). The molecule has 10 heteroatoms. The Kier molecular flexibility index (Phi) is 5.94. The molecule has 1 heterocycles. The molecule has 3 aromatic carbocycles. The lowest BCUT2D eigenvalue weighted by atomic mass is 10.0. The number of hydrogen-bond acceptors (Lipinski definition) is 3. The van der Waals surface area contributed by atoms with Crippen LogP contribution in [0.3, 0.4) is 0 Å². The normalized spacial score (nSPS) is 13.4. The van der Waals surface area contributed by atoms with Crippen LogP contribution in [0.1, 0.15) is 22.8 Å².